The summed E-state index contributed by atoms with van der Waals surface area (Å²) in [6.45, 7) is 0.0892. The Hall–Kier alpha value is -2.95. The lowest BCUT2D eigenvalue weighted by molar-refractivity contribution is -0.138. The highest BCUT2D eigenvalue weighted by Crippen LogP contribution is 2.28. The molecule has 1 N–H and O–H groups in total. The zero-order chi connectivity index (χ0) is 14.8. The van der Waals surface area contributed by atoms with Crippen molar-refractivity contribution in [3.8, 4) is 0 Å². The predicted octanol–water partition coefficient (Wildman–Crippen LogP) is 1.92. The standard InChI is InChI=1S/C16H12N2O3/c19-14-13(12-6-2-1-3-7-12)15(20)18(16(14)21)10-11-5-4-8-17-9-11/h1-9,19H,10H2. The van der Waals surface area contributed by atoms with Crippen LogP contribution < -0.4 is 0 Å². The Balaban J connectivity index is 1.92. The minimum absolute atomic E-state index is 0.0458. The quantitative estimate of drug-likeness (QED) is 0.872. The molecule has 1 aromatic heterocycles. The molecule has 2 amide bonds. The van der Waals surface area contributed by atoms with E-state index < -0.39 is 17.6 Å². The summed E-state index contributed by atoms with van der Waals surface area (Å²) >= 11 is 0. The molecule has 0 bridgehead atoms. The van der Waals surface area contributed by atoms with Crippen molar-refractivity contribution in [1.29, 1.82) is 0 Å². The van der Waals surface area contributed by atoms with Crippen LogP contribution >= 0.6 is 0 Å². The van der Waals surface area contributed by atoms with Gasteiger partial charge in [-0.15, -0.1) is 0 Å². The second-order valence-corrected chi connectivity index (χ2v) is 4.65. The minimum Gasteiger partial charge on any atom is -0.502 e. The van der Waals surface area contributed by atoms with E-state index in [9.17, 15) is 14.7 Å². The molecule has 0 atom stereocenters. The smallest absolute Gasteiger partial charge is 0.296 e. The van der Waals surface area contributed by atoms with Crippen LogP contribution in [0.25, 0.3) is 5.57 Å². The van der Waals surface area contributed by atoms with Gasteiger partial charge in [0.2, 0.25) is 0 Å². The van der Waals surface area contributed by atoms with Crippen molar-refractivity contribution in [2.24, 2.45) is 0 Å². The van der Waals surface area contributed by atoms with E-state index in [1.165, 1.54) is 0 Å². The molecule has 5 nitrogen and oxygen atoms in total. The van der Waals surface area contributed by atoms with Crippen LogP contribution in [0.15, 0.2) is 60.6 Å². The summed E-state index contributed by atoms with van der Waals surface area (Å²) < 4.78 is 0. The largest absolute Gasteiger partial charge is 0.502 e. The molecular weight excluding hydrogens is 268 g/mol. The lowest BCUT2D eigenvalue weighted by Crippen LogP contribution is -2.31. The number of nitrogens with zero attached hydrogens (tertiary/aromatic N) is 2. The van der Waals surface area contributed by atoms with Crippen LogP contribution in [0.2, 0.25) is 0 Å². The van der Waals surface area contributed by atoms with Gasteiger partial charge in [0.25, 0.3) is 11.8 Å². The van der Waals surface area contributed by atoms with Crippen molar-refractivity contribution >= 4 is 17.4 Å². The Labute approximate surface area is 121 Å². The molecule has 0 spiro atoms. The summed E-state index contributed by atoms with van der Waals surface area (Å²) in [5, 5.41) is 9.98. The van der Waals surface area contributed by atoms with Gasteiger partial charge in [-0.2, -0.15) is 0 Å². The molecule has 1 aromatic carbocycles. The van der Waals surface area contributed by atoms with Gasteiger partial charge < -0.3 is 5.11 Å². The molecule has 0 unspecified atom stereocenters. The molecule has 3 rings (SSSR count). The van der Waals surface area contributed by atoms with Crippen LogP contribution in [0.4, 0.5) is 0 Å². The maximum atomic E-state index is 12.4. The summed E-state index contributed by atoms with van der Waals surface area (Å²) in [5.74, 6) is -1.68. The summed E-state index contributed by atoms with van der Waals surface area (Å²) in [4.78, 5) is 29.4. The van der Waals surface area contributed by atoms with Gasteiger partial charge in [0, 0.05) is 12.4 Å². The zero-order valence-electron chi connectivity index (χ0n) is 11.1. The van der Waals surface area contributed by atoms with E-state index in [1.54, 1.807) is 54.9 Å². The van der Waals surface area contributed by atoms with Crippen molar-refractivity contribution in [3.05, 3.63) is 71.7 Å². The lowest BCUT2D eigenvalue weighted by atomic mass is 10.1. The predicted molar refractivity (Wildman–Crippen MR) is 75.8 cm³/mol. The Morgan fingerprint density at radius 2 is 1.76 bits per heavy atom. The zero-order valence-corrected chi connectivity index (χ0v) is 11.1. The van der Waals surface area contributed by atoms with Crippen molar-refractivity contribution in [2.45, 2.75) is 6.54 Å². The maximum absolute atomic E-state index is 12.4. The molecule has 2 aromatic rings. The first-order chi connectivity index (χ1) is 10.2. The second kappa shape index (κ2) is 5.20. The third kappa shape index (κ3) is 2.29. The molecule has 0 radical (unpaired) electrons. The number of pyridine rings is 1. The highest BCUT2D eigenvalue weighted by Gasteiger charge is 2.38. The van der Waals surface area contributed by atoms with Crippen molar-refractivity contribution in [2.75, 3.05) is 0 Å². The van der Waals surface area contributed by atoms with Crippen molar-refractivity contribution < 1.29 is 14.7 Å². The molecule has 1 aliphatic rings. The topological polar surface area (TPSA) is 70.5 Å². The highest BCUT2D eigenvalue weighted by atomic mass is 16.3. The van der Waals surface area contributed by atoms with E-state index in [-0.39, 0.29) is 12.1 Å². The van der Waals surface area contributed by atoms with E-state index in [0.29, 0.717) is 5.56 Å². The number of carbonyl (C=O) groups is 2. The summed E-state index contributed by atoms with van der Waals surface area (Å²) in [7, 11) is 0. The molecule has 0 saturated heterocycles. The Kier molecular flexibility index (Phi) is 3.23. The second-order valence-electron chi connectivity index (χ2n) is 4.65. The van der Waals surface area contributed by atoms with Gasteiger partial charge in [0.1, 0.15) is 0 Å². The Morgan fingerprint density at radius 3 is 2.43 bits per heavy atom. The monoisotopic (exact) mass is 280 g/mol. The van der Waals surface area contributed by atoms with Crippen LogP contribution in [-0.2, 0) is 16.1 Å². The van der Waals surface area contributed by atoms with Crippen LogP contribution in [0, 0.1) is 0 Å². The molecule has 0 aliphatic carbocycles. The summed E-state index contributed by atoms with van der Waals surface area (Å²) in [6.07, 6.45) is 3.19. The van der Waals surface area contributed by atoms with E-state index in [0.717, 1.165) is 10.5 Å². The number of hydrogen-bond donors (Lipinski definition) is 1. The molecule has 5 heteroatoms. The number of aromatic nitrogens is 1. The van der Waals surface area contributed by atoms with Crippen LogP contribution in [0.1, 0.15) is 11.1 Å². The Bertz CT molecular complexity index is 724. The lowest BCUT2D eigenvalue weighted by Gasteiger charge is -2.14. The summed E-state index contributed by atoms with van der Waals surface area (Å²) in [5.41, 5.74) is 1.30. The van der Waals surface area contributed by atoms with Gasteiger partial charge in [0.15, 0.2) is 5.76 Å². The van der Waals surface area contributed by atoms with Gasteiger partial charge in [-0.3, -0.25) is 19.5 Å². The molecular formula is C16H12N2O3. The maximum Gasteiger partial charge on any atom is 0.296 e. The fraction of sp³-hybridized carbons (Fsp3) is 0.0625. The van der Waals surface area contributed by atoms with E-state index in [2.05, 4.69) is 4.98 Å². The number of carbonyl (C=O) groups excluding carboxylic acids is 2. The van der Waals surface area contributed by atoms with Crippen LogP contribution in [-0.4, -0.2) is 26.8 Å². The van der Waals surface area contributed by atoms with Gasteiger partial charge in [-0.05, 0) is 17.2 Å². The van der Waals surface area contributed by atoms with Gasteiger partial charge in [0.05, 0.1) is 12.1 Å². The van der Waals surface area contributed by atoms with Gasteiger partial charge in [-0.25, -0.2) is 0 Å². The molecule has 21 heavy (non-hydrogen) atoms. The van der Waals surface area contributed by atoms with Gasteiger partial charge in [-0.1, -0.05) is 36.4 Å². The van der Waals surface area contributed by atoms with E-state index in [1.807, 2.05) is 0 Å². The van der Waals surface area contributed by atoms with Gasteiger partial charge >= 0.3 is 0 Å². The highest BCUT2D eigenvalue weighted by molar-refractivity contribution is 6.34. The number of aliphatic hydroxyl groups excluding tert-OH is 1. The number of amides is 2. The third-order valence-corrected chi connectivity index (χ3v) is 3.27. The Morgan fingerprint density at radius 1 is 1.00 bits per heavy atom. The van der Waals surface area contributed by atoms with Crippen molar-refractivity contribution in [3.63, 3.8) is 0 Å². The minimum atomic E-state index is -0.678. The van der Waals surface area contributed by atoms with E-state index >= 15 is 0 Å². The fourth-order valence-electron chi connectivity index (χ4n) is 2.25. The SMILES string of the molecule is O=C1C(O)=C(c2ccccc2)C(=O)N1Cc1cccnc1. The fourth-order valence-corrected chi connectivity index (χ4v) is 2.25. The molecule has 0 saturated carbocycles. The average molecular weight is 280 g/mol. The van der Waals surface area contributed by atoms with E-state index in [4.69, 9.17) is 0 Å². The molecule has 1 aliphatic heterocycles. The first-order valence-electron chi connectivity index (χ1n) is 6.42. The third-order valence-electron chi connectivity index (χ3n) is 3.27. The first-order valence-corrected chi connectivity index (χ1v) is 6.42. The average Bonchev–Trinajstić information content (AvgIpc) is 2.73. The number of hydrogen-bond acceptors (Lipinski definition) is 4. The molecule has 2 heterocycles. The number of aliphatic hydroxyl groups is 1. The number of imide groups is 1. The number of benzene rings is 1. The van der Waals surface area contributed by atoms with Crippen LogP contribution in [0.5, 0.6) is 0 Å². The van der Waals surface area contributed by atoms with Crippen LogP contribution in [0.3, 0.4) is 0 Å². The first kappa shape index (κ1) is 13.1. The normalized spacial score (nSPS) is 15.0. The van der Waals surface area contributed by atoms with Crippen molar-refractivity contribution in [1.82, 2.24) is 9.88 Å². The summed E-state index contributed by atoms with van der Waals surface area (Å²) in [6, 6.07) is 12.2. The molecule has 0 fully saturated rings. The molecule has 104 valence electrons. The number of rotatable bonds is 3.